The van der Waals surface area contributed by atoms with Crippen molar-refractivity contribution >= 4 is 71.3 Å². The molecule has 0 radical (unpaired) electrons. The van der Waals surface area contributed by atoms with E-state index in [1.165, 1.54) is 86.0 Å². The molecule has 0 aromatic heterocycles. The average molecular weight is 706 g/mol. The lowest BCUT2D eigenvalue weighted by Crippen LogP contribution is -2.12. The molecule has 5 N–H and O–H groups in total. The van der Waals surface area contributed by atoms with Gasteiger partial charge in [0.1, 0.15) is 22.0 Å². The minimum absolute atomic E-state index is 0.0141. The number of rotatable bonds is 10. The number of ether oxygens (including phenoxy) is 1. The second kappa shape index (κ2) is 13.6. The first-order valence-electron chi connectivity index (χ1n) is 13.6. The van der Waals surface area contributed by atoms with Crippen molar-refractivity contribution in [2.24, 2.45) is 20.5 Å². The van der Waals surface area contributed by atoms with E-state index >= 15 is 0 Å². The van der Waals surface area contributed by atoms with E-state index in [9.17, 15) is 40.6 Å². The van der Waals surface area contributed by atoms with Gasteiger partial charge >= 0.3 is 5.97 Å². The van der Waals surface area contributed by atoms with Gasteiger partial charge in [-0.2, -0.15) is 37.3 Å². The van der Waals surface area contributed by atoms with Crippen LogP contribution in [0.15, 0.2) is 121 Å². The molecule has 5 aromatic rings. The molecule has 18 heteroatoms. The second-order valence-corrected chi connectivity index (χ2v) is 12.9. The predicted octanol–water partition coefficient (Wildman–Crippen LogP) is 6.83. The molecule has 5 rings (SSSR count). The first kappa shape index (κ1) is 34.3. The maximum absolute atomic E-state index is 12.9. The number of hydrogen-bond acceptors (Lipinski definition) is 12. The third kappa shape index (κ3) is 8.08. The summed E-state index contributed by atoms with van der Waals surface area (Å²) in [4.78, 5) is 22.7. The van der Waals surface area contributed by atoms with Crippen molar-refractivity contribution in [3.8, 4) is 11.5 Å². The van der Waals surface area contributed by atoms with Gasteiger partial charge in [0.25, 0.3) is 26.1 Å². The van der Waals surface area contributed by atoms with Crippen LogP contribution in [0.4, 0.5) is 28.4 Å². The van der Waals surface area contributed by atoms with E-state index in [2.05, 4.69) is 25.8 Å². The number of carbonyl (C=O) groups is 2. The van der Waals surface area contributed by atoms with Crippen molar-refractivity contribution in [3.05, 3.63) is 102 Å². The van der Waals surface area contributed by atoms with E-state index in [4.69, 9.17) is 9.84 Å². The maximum Gasteiger partial charge on any atom is 0.339 e. The first-order chi connectivity index (χ1) is 23.1. The number of methoxy groups -OCH3 is 1. The van der Waals surface area contributed by atoms with E-state index in [1.54, 1.807) is 0 Å². The number of phenols is 1. The van der Waals surface area contributed by atoms with Crippen molar-refractivity contribution in [2.45, 2.75) is 9.79 Å². The van der Waals surface area contributed by atoms with Crippen LogP contribution in [0, 0.1) is 0 Å². The van der Waals surface area contributed by atoms with Crippen LogP contribution in [-0.4, -0.2) is 55.1 Å². The molecule has 0 spiro atoms. The van der Waals surface area contributed by atoms with Crippen LogP contribution in [-0.2, 0) is 20.2 Å². The van der Waals surface area contributed by atoms with Gasteiger partial charge in [0, 0.05) is 17.0 Å². The summed E-state index contributed by atoms with van der Waals surface area (Å²) in [6, 6.07) is 20.0. The molecular weight excluding hydrogens is 682 g/mol. The number of azo groups is 2. The van der Waals surface area contributed by atoms with Gasteiger partial charge in [-0.3, -0.25) is 13.9 Å². The topological polar surface area (TPSA) is 254 Å². The Hall–Kier alpha value is -6.08. The fourth-order valence-corrected chi connectivity index (χ4v) is 5.79. The third-order valence-corrected chi connectivity index (χ3v) is 8.51. The number of aromatic hydroxyl groups is 1. The van der Waals surface area contributed by atoms with Crippen molar-refractivity contribution < 1.29 is 50.5 Å². The molecule has 0 bridgehead atoms. The molecule has 1 amide bonds. The number of hydrogen-bond donors (Lipinski definition) is 5. The molecule has 49 heavy (non-hydrogen) atoms. The number of anilines is 1. The van der Waals surface area contributed by atoms with Gasteiger partial charge in [-0.05, 0) is 84.2 Å². The average Bonchev–Trinajstić information content (AvgIpc) is 3.06. The number of carbonyl (C=O) groups excluding carboxylic acids is 1. The van der Waals surface area contributed by atoms with Crippen LogP contribution >= 0.6 is 0 Å². The van der Waals surface area contributed by atoms with Gasteiger partial charge in [-0.15, -0.1) is 0 Å². The molecule has 0 atom stereocenters. The zero-order valence-corrected chi connectivity index (χ0v) is 26.5. The van der Waals surface area contributed by atoms with Gasteiger partial charge in [0.2, 0.25) is 0 Å². The van der Waals surface area contributed by atoms with E-state index in [1.807, 2.05) is 0 Å². The highest BCUT2D eigenvalue weighted by Crippen LogP contribution is 2.33. The fraction of sp³-hybridized carbons (Fsp3) is 0.0323. The van der Waals surface area contributed by atoms with Crippen LogP contribution in [0.25, 0.3) is 10.8 Å². The number of carboxylic acids is 1. The van der Waals surface area contributed by atoms with Crippen LogP contribution < -0.4 is 10.1 Å². The summed E-state index contributed by atoms with van der Waals surface area (Å²) in [5, 5.41) is 37.7. The molecule has 0 aliphatic rings. The Morgan fingerprint density at radius 1 is 0.694 bits per heavy atom. The maximum atomic E-state index is 12.9. The number of amides is 1. The van der Waals surface area contributed by atoms with E-state index in [0.717, 1.165) is 6.07 Å². The zero-order chi connectivity index (χ0) is 35.5. The van der Waals surface area contributed by atoms with Crippen LogP contribution in [0.2, 0.25) is 0 Å². The minimum Gasteiger partial charge on any atom is -0.507 e. The Morgan fingerprint density at radius 3 is 1.88 bits per heavy atom. The molecule has 0 aliphatic heterocycles. The summed E-state index contributed by atoms with van der Waals surface area (Å²) < 4.78 is 71.4. The Bertz CT molecular complexity index is 2410. The highest BCUT2D eigenvalue weighted by molar-refractivity contribution is 7.86. The molecule has 5 aromatic carbocycles. The number of aromatic carboxylic acids is 1. The molecule has 0 aliphatic carbocycles. The number of carboxylic acid groups (broad SMARTS) is 1. The Morgan fingerprint density at radius 2 is 1.27 bits per heavy atom. The summed E-state index contributed by atoms with van der Waals surface area (Å²) in [5.74, 6) is -1.96. The molecule has 0 saturated heterocycles. The number of nitrogens with zero attached hydrogens (tertiary/aromatic N) is 4. The van der Waals surface area contributed by atoms with Gasteiger partial charge in [-0.25, -0.2) is 4.79 Å². The molecule has 0 unspecified atom stereocenters. The van der Waals surface area contributed by atoms with Crippen LogP contribution in [0.5, 0.6) is 11.5 Å². The number of nitrogens with one attached hydrogen (secondary N) is 1. The Kier molecular flexibility index (Phi) is 9.49. The monoisotopic (exact) mass is 705 g/mol. The Labute approximate surface area is 277 Å². The second-order valence-electron chi connectivity index (χ2n) is 10.1. The smallest absolute Gasteiger partial charge is 0.339 e. The van der Waals surface area contributed by atoms with Crippen LogP contribution in [0.3, 0.4) is 0 Å². The number of fused-ring (bicyclic) bond motifs is 1. The first-order valence-corrected chi connectivity index (χ1v) is 16.5. The van der Waals surface area contributed by atoms with Crippen molar-refractivity contribution in [2.75, 3.05) is 12.4 Å². The highest BCUT2D eigenvalue weighted by Gasteiger charge is 2.20. The van der Waals surface area contributed by atoms with E-state index in [-0.39, 0.29) is 39.0 Å². The summed E-state index contributed by atoms with van der Waals surface area (Å²) in [5.41, 5.74) is 1.29. The van der Waals surface area contributed by atoms with Crippen molar-refractivity contribution in [3.63, 3.8) is 0 Å². The predicted molar refractivity (Wildman–Crippen MR) is 174 cm³/mol. The van der Waals surface area contributed by atoms with Gasteiger partial charge in [0.15, 0.2) is 0 Å². The SMILES string of the molecule is COc1cc(N=Nc2ccc3c(S(=O)(=O)O)cc(S(=O)(=O)O)cc3c2)ccc1NC(=O)c1ccc(N=Nc2ccc(O)c(C(=O)O)c2)cc1. The summed E-state index contributed by atoms with van der Waals surface area (Å²) in [7, 11) is -8.27. The summed E-state index contributed by atoms with van der Waals surface area (Å²) in [6.45, 7) is 0. The largest absolute Gasteiger partial charge is 0.507 e. The fourth-order valence-electron chi connectivity index (χ4n) is 4.43. The minimum atomic E-state index is -4.84. The molecule has 0 fully saturated rings. The van der Waals surface area contributed by atoms with E-state index < -0.39 is 47.7 Å². The molecular formula is C31H23N5O11S2. The zero-order valence-electron chi connectivity index (χ0n) is 24.9. The molecule has 16 nitrogen and oxygen atoms in total. The van der Waals surface area contributed by atoms with Crippen LogP contribution in [0.1, 0.15) is 20.7 Å². The van der Waals surface area contributed by atoms with Crippen molar-refractivity contribution in [1.29, 1.82) is 0 Å². The molecule has 0 saturated carbocycles. The molecule has 0 heterocycles. The number of benzene rings is 5. The summed E-state index contributed by atoms with van der Waals surface area (Å²) in [6.07, 6.45) is 0. The normalized spacial score (nSPS) is 12.1. The Balaban J connectivity index is 1.31. The van der Waals surface area contributed by atoms with Gasteiger partial charge in [-0.1, -0.05) is 6.07 Å². The highest BCUT2D eigenvalue weighted by atomic mass is 32.2. The van der Waals surface area contributed by atoms with E-state index in [0.29, 0.717) is 23.1 Å². The summed E-state index contributed by atoms with van der Waals surface area (Å²) >= 11 is 0. The third-order valence-electron chi connectivity index (χ3n) is 6.78. The molecule has 250 valence electrons. The lowest BCUT2D eigenvalue weighted by Gasteiger charge is -2.11. The lowest BCUT2D eigenvalue weighted by molar-refractivity contribution is 0.0693. The van der Waals surface area contributed by atoms with Gasteiger partial charge in [0.05, 0.1) is 40.4 Å². The standard InChI is InChI=1S/C31H23N5O11S2/c1-47-28-15-22(36-34-20-6-9-24-18(12-20)13-23(48(41,42)43)16-29(24)49(44,45)46)7-10-26(28)32-30(38)17-2-4-19(5-3-17)33-35-21-8-11-27(37)25(14-21)31(39)40/h2-16,37H,1H3,(H,32,38)(H,39,40)(H,41,42,43)(H,44,45,46). The van der Waals surface area contributed by atoms with Gasteiger partial charge < -0.3 is 20.3 Å². The lowest BCUT2D eigenvalue weighted by atomic mass is 10.1. The quantitative estimate of drug-likeness (QED) is 0.0743. The van der Waals surface area contributed by atoms with Crippen molar-refractivity contribution in [1.82, 2.24) is 0 Å².